The largest absolute Gasteiger partial charge is 0.378 e. The van der Waals surface area contributed by atoms with Crippen molar-refractivity contribution >= 4 is 0 Å². The minimum Gasteiger partial charge on any atom is -0.378 e. The van der Waals surface area contributed by atoms with E-state index < -0.39 is 0 Å². The summed E-state index contributed by atoms with van der Waals surface area (Å²) in [5, 5.41) is 3.90. The maximum atomic E-state index is 6.00. The van der Waals surface area contributed by atoms with Gasteiger partial charge in [0.2, 0.25) is 0 Å². The molecule has 3 heteroatoms. The molecule has 3 atom stereocenters. The predicted octanol–water partition coefficient (Wildman–Crippen LogP) is 2.80. The molecule has 3 nitrogen and oxygen atoms in total. The number of nitrogens with one attached hydrogen (secondary N) is 1. The minimum atomic E-state index is 0.487. The molecule has 1 N–H and O–H groups in total. The molecular formula is C17H32N2O. The van der Waals surface area contributed by atoms with Crippen molar-refractivity contribution in [3.63, 3.8) is 0 Å². The predicted molar refractivity (Wildman–Crippen MR) is 83.0 cm³/mol. The molecule has 1 aliphatic heterocycles. The van der Waals surface area contributed by atoms with E-state index in [9.17, 15) is 0 Å². The number of ether oxygens (including phenoxy) is 1. The standard InChI is InChI=1S/C17H32N2O/c1-3-20-16-12-15(17(16)8-4-5-9-17)18-13-14(2)19-10-6-7-11-19/h14-16,18H,3-13H2,1-2H3. The van der Waals surface area contributed by atoms with Crippen LogP contribution in [0.15, 0.2) is 0 Å². The fraction of sp³-hybridized carbons (Fsp3) is 1.00. The summed E-state index contributed by atoms with van der Waals surface area (Å²) in [6.45, 7) is 9.17. The van der Waals surface area contributed by atoms with Crippen LogP contribution in [0.25, 0.3) is 0 Å². The molecule has 0 radical (unpaired) electrons. The molecule has 3 aliphatic rings. The fourth-order valence-electron chi connectivity index (χ4n) is 4.80. The van der Waals surface area contributed by atoms with Gasteiger partial charge in [0.15, 0.2) is 0 Å². The molecule has 0 aromatic carbocycles. The van der Waals surface area contributed by atoms with Crippen LogP contribution < -0.4 is 5.32 Å². The first-order valence-electron chi connectivity index (χ1n) is 8.85. The van der Waals surface area contributed by atoms with Crippen LogP contribution in [0.3, 0.4) is 0 Å². The van der Waals surface area contributed by atoms with Crippen LogP contribution in [0.4, 0.5) is 0 Å². The molecule has 3 fully saturated rings. The summed E-state index contributed by atoms with van der Waals surface area (Å²) in [6.07, 6.45) is 10.1. The highest BCUT2D eigenvalue weighted by molar-refractivity contribution is 5.10. The molecule has 1 heterocycles. The third kappa shape index (κ3) is 2.65. The second-order valence-corrected chi connectivity index (χ2v) is 7.17. The van der Waals surface area contributed by atoms with Gasteiger partial charge in [-0.15, -0.1) is 0 Å². The zero-order valence-corrected chi connectivity index (χ0v) is 13.4. The Morgan fingerprint density at radius 1 is 1.20 bits per heavy atom. The lowest BCUT2D eigenvalue weighted by Gasteiger charge is -2.54. The van der Waals surface area contributed by atoms with Crippen LogP contribution >= 0.6 is 0 Å². The number of likely N-dealkylation sites (tertiary alicyclic amines) is 1. The zero-order chi connectivity index (χ0) is 14.0. The Labute approximate surface area is 124 Å². The van der Waals surface area contributed by atoms with E-state index in [1.54, 1.807) is 0 Å². The third-order valence-corrected chi connectivity index (χ3v) is 6.11. The van der Waals surface area contributed by atoms with Crippen LogP contribution in [0.1, 0.15) is 58.8 Å². The number of nitrogens with zero attached hydrogens (tertiary/aromatic N) is 1. The molecule has 0 amide bonds. The molecule has 20 heavy (non-hydrogen) atoms. The van der Waals surface area contributed by atoms with E-state index in [4.69, 9.17) is 4.74 Å². The molecule has 2 saturated carbocycles. The zero-order valence-electron chi connectivity index (χ0n) is 13.4. The summed E-state index contributed by atoms with van der Waals surface area (Å²) < 4.78 is 6.00. The van der Waals surface area contributed by atoms with Gasteiger partial charge in [-0.2, -0.15) is 0 Å². The van der Waals surface area contributed by atoms with Crippen LogP contribution in [-0.4, -0.2) is 49.3 Å². The molecule has 1 saturated heterocycles. The molecular weight excluding hydrogens is 248 g/mol. The Hall–Kier alpha value is -0.120. The molecule has 2 aliphatic carbocycles. The molecule has 0 bridgehead atoms. The van der Waals surface area contributed by atoms with Crippen LogP contribution in [-0.2, 0) is 4.74 Å². The topological polar surface area (TPSA) is 24.5 Å². The van der Waals surface area contributed by atoms with Gasteiger partial charge < -0.3 is 10.1 Å². The monoisotopic (exact) mass is 280 g/mol. The molecule has 3 rings (SSSR count). The van der Waals surface area contributed by atoms with E-state index >= 15 is 0 Å². The van der Waals surface area contributed by atoms with Crippen molar-refractivity contribution in [1.82, 2.24) is 10.2 Å². The third-order valence-electron chi connectivity index (χ3n) is 6.11. The summed E-state index contributed by atoms with van der Waals surface area (Å²) in [5.41, 5.74) is 0.487. The van der Waals surface area contributed by atoms with Gasteiger partial charge in [0.1, 0.15) is 0 Å². The molecule has 0 aromatic heterocycles. The summed E-state index contributed by atoms with van der Waals surface area (Å²) in [5.74, 6) is 0. The molecule has 1 spiro atoms. The Bertz CT molecular complexity index is 308. The van der Waals surface area contributed by atoms with E-state index in [1.165, 1.54) is 58.0 Å². The van der Waals surface area contributed by atoms with Crippen molar-refractivity contribution in [3.05, 3.63) is 0 Å². The summed E-state index contributed by atoms with van der Waals surface area (Å²) in [4.78, 5) is 2.65. The number of hydrogen-bond donors (Lipinski definition) is 1. The average Bonchev–Trinajstić information content (AvgIpc) is 3.13. The number of rotatable bonds is 6. The Balaban J connectivity index is 1.50. The van der Waals surface area contributed by atoms with Crippen LogP contribution in [0, 0.1) is 5.41 Å². The maximum Gasteiger partial charge on any atom is 0.0661 e. The maximum absolute atomic E-state index is 6.00. The SMILES string of the molecule is CCOC1CC(NCC(C)N2CCCC2)C12CCCC2. The van der Waals surface area contributed by atoms with Crippen molar-refractivity contribution in [2.45, 2.75) is 77.0 Å². The van der Waals surface area contributed by atoms with E-state index in [1.807, 2.05) is 0 Å². The van der Waals surface area contributed by atoms with E-state index in [-0.39, 0.29) is 0 Å². The first-order chi connectivity index (χ1) is 9.76. The Morgan fingerprint density at radius 2 is 1.90 bits per heavy atom. The van der Waals surface area contributed by atoms with Crippen LogP contribution in [0.2, 0.25) is 0 Å². The lowest BCUT2D eigenvalue weighted by Crippen LogP contribution is -2.63. The molecule has 3 unspecified atom stereocenters. The van der Waals surface area contributed by atoms with Crippen molar-refractivity contribution in [3.8, 4) is 0 Å². The van der Waals surface area contributed by atoms with Crippen molar-refractivity contribution < 1.29 is 4.74 Å². The van der Waals surface area contributed by atoms with Gasteiger partial charge in [0, 0.05) is 30.7 Å². The van der Waals surface area contributed by atoms with Gasteiger partial charge >= 0.3 is 0 Å². The second kappa shape index (κ2) is 6.33. The minimum absolute atomic E-state index is 0.487. The first kappa shape index (κ1) is 14.8. The quantitative estimate of drug-likeness (QED) is 0.810. The lowest BCUT2D eigenvalue weighted by atomic mass is 9.60. The van der Waals surface area contributed by atoms with Gasteiger partial charge in [0.05, 0.1) is 6.10 Å². The fourth-order valence-corrected chi connectivity index (χ4v) is 4.80. The van der Waals surface area contributed by atoms with Crippen molar-refractivity contribution in [1.29, 1.82) is 0 Å². The first-order valence-corrected chi connectivity index (χ1v) is 8.85. The van der Waals surface area contributed by atoms with Gasteiger partial charge in [-0.25, -0.2) is 0 Å². The summed E-state index contributed by atoms with van der Waals surface area (Å²) in [6, 6.07) is 1.41. The highest BCUT2D eigenvalue weighted by atomic mass is 16.5. The second-order valence-electron chi connectivity index (χ2n) is 7.17. The smallest absolute Gasteiger partial charge is 0.0661 e. The van der Waals surface area contributed by atoms with Crippen molar-refractivity contribution in [2.75, 3.05) is 26.2 Å². The van der Waals surface area contributed by atoms with Gasteiger partial charge in [-0.3, -0.25) is 4.90 Å². The van der Waals surface area contributed by atoms with E-state index in [0.717, 1.165) is 13.2 Å². The molecule has 0 aromatic rings. The Kier molecular flexibility index (Phi) is 4.68. The normalized spacial score (nSPS) is 34.5. The average molecular weight is 280 g/mol. The summed E-state index contributed by atoms with van der Waals surface area (Å²) >= 11 is 0. The van der Waals surface area contributed by atoms with Crippen LogP contribution in [0.5, 0.6) is 0 Å². The van der Waals surface area contributed by atoms with E-state index in [0.29, 0.717) is 23.6 Å². The summed E-state index contributed by atoms with van der Waals surface area (Å²) in [7, 11) is 0. The number of hydrogen-bond acceptors (Lipinski definition) is 3. The Morgan fingerprint density at radius 3 is 2.55 bits per heavy atom. The highest BCUT2D eigenvalue weighted by Gasteiger charge is 2.56. The van der Waals surface area contributed by atoms with Gasteiger partial charge in [0.25, 0.3) is 0 Å². The van der Waals surface area contributed by atoms with Gasteiger partial charge in [-0.05, 0) is 59.0 Å². The lowest BCUT2D eigenvalue weighted by molar-refractivity contribution is -0.130. The van der Waals surface area contributed by atoms with E-state index in [2.05, 4.69) is 24.1 Å². The molecule has 116 valence electrons. The van der Waals surface area contributed by atoms with Gasteiger partial charge in [-0.1, -0.05) is 12.8 Å². The van der Waals surface area contributed by atoms with Crippen molar-refractivity contribution in [2.24, 2.45) is 5.41 Å². The highest BCUT2D eigenvalue weighted by Crippen LogP contribution is 2.54.